The molecule has 0 spiro atoms. The monoisotopic (exact) mass is 531 g/mol. The van der Waals surface area contributed by atoms with Gasteiger partial charge in [-0.25, -0.2) is 9.67 Å². The van der Waals surface area contributed by atoms with Crippen LogP contribution in [0.1, 0.15) is 16.1 Å². The lowest BCUT2D eigenvalue weighted by Gasteiger charge is -2.11. The van der Waals surface area contributed by atoms with E-state index in [0.717, 1.165) is 26.8 Å². The Kier molecular flexibility index (Phi) is 6.97. The largest absolute Gasteiger partial charge is 0.433 e. The zero-order chi connectivity index (χ0) is 26.7. The summed E-state index contributed by atoms with van der Waals surface area (Å²) in [6.07, 6.45) is 1.57. The fraction of sp³-hybridized carbons (Fsp3) is 0.0714. The Morgan fingerprint density at radius 2 is 1.68 bits per heavy atom. The summed E-state index contributed by atoms with van der Waals surface area (Å²) in [4.78, 5) is 22.1. The van der Waals surface area contributed by atoms with Gasteiger partial charge >= 0.3 is 6.18 Å². The fourth-order valence-corrected chi connectivity index (χ4v) is 4.24. The molecule has 0 saturated heterocycles. The number of anilines is 1. The minimum Gasteiger partial charge on any atom is -0.307 e. The second-order valence-corrected chi connectivity index (χ2v) is 9.11. The number of rotatable bonds is 6. The van der Waals surface area contributed by atoms with Crippen molar-refractivity contribution < 1.29 is 18.0 Å². The van der Waals surface area contributed by atoms with Gasteiger partial charge < -0.3 is 5.32 Å². The Morgan fingerprint density at radius 3 is 2.34 bits per heavy atom. The van der Waals surface area contributed by atoms with Gasteiger partial charge in [-0.1, -0.05) is 24.3 Å². The van der Waals surface area contributed by atoms with E-state index < -0.39 is 11.9 Å². The predicted octanol–water partition coefficient (Wildman–Crippen LogP) is 6.99. The van der Waals surface area contributed by atoms with Crippen LogP contribution in [0.15, 0.2) is 102 Å². The lowest BCUT2D eigenvalue weighted by Crippen LogP contribution is -2.15. The van der Waals surface area contributed by atoms with Crippen LogP contribution in [0.3, 0.4) is 0 Å². The third-order valence-electron chi connectivity index (χ3n) is 5.74. The van der Waals surface area contributed by atoms with Crippen LogP contribution in [0.2, 0.25) is 0 Å². The smallest absolute Gasteiger partial charge is 0.307 e. The number of alkyl halides is 3. The Balaban J connectivity index is 1.36. The first kappa shape index (κ1) is 25.2. The number of nitrogens with zero attached hydrogens (tertiary/aromatic N) is 4. The lowest BCUT2D eigenvalue weighted by atomic mass is 10.0. The number of aromatic nitrogens is 4. The summed E-state index contributed by atoms with van der Waals surface area (Å²) in [5.41, 5.74) is 2.02. The molecule has 0 unspecified atom stereocenters. The van der Waals surface area contributed by atoms with Crippen LogP contribution in [-0.2, 0) is 6.18 Å². The third-order valence-corrected chi connectivity index (χ3v) is 6.48. The van der Waals surface area contributed by atoms with Gasteiger partial charge in [0.1, 0.15) is 11.5 Å². The average Bonchev–Trinajstić information content (AvgIpc) is 3.41. The molecule has 38 heavy (non-hydrogen) atoms. The first-order valence-electron chi connectivity index (χ1n) is 11.4. The molecule has 6 nitrogen and oxygen atoms in total. The highest BCUT2D eigenvalue weighted by molar-refractivity contribution is 7.98. The molecule has 0 aliphatic heterocycles. The average molecular weight is 532 g/mol. The molecule has 10 heteroatoms. The van der Waals surface area contributed by atoms with Crippen LogP contribution in [0.4, 0.5) is 19.0 Å². The van der Waals surface area contributed by atoms with E-state index in [2.05, 4.69) is 20.4 Å². The molecular formula is C28H20F3N5OS. The number of pyridine rings is 2. The molecule has 0 aliphatic carbocycles. The van der Waals surface area contributed by atoms with E-state index in [1.54, 1.807) is 42.1 Å². The van der Waals surface area contributed by atoms with Crippen molar-refractivity contribution in [2.75, 3.05) is 11.6 Å². The van der Waals surface area contributed by atoms with Crippen LogP contribution in [0.25, 0.3) is 28.1 Å². The molecule has 5 aromatic rings. The molecular weight excluding hydrogens is 511 g/mol. The molecule has 0 bridgehead atoms. The first-order chi connectivity index (χ1) is 18.3. The number of carbonyl (C=O) groups excluding carboxylic acids is 1. The van der Waals surface area contributed by atoms with Gasteiger partial charge in [0.25, 0.3) is 5.91 Å². The minimum atomic E-state index is -4.64. The number of hydrogen-bond donors (Lipinski definition) is 1. The van der Waals surface area contributed by atoms with Gasteiger partial charge in [-0.05, 0) is 72.0 Å². The summed E-state index contributed by atoms with van der Waals surface area (Å²) < 4.78 is 42.0. The number of halogens is 3. The zero-order valence-electron chi connectivity index (χ0n) is 20.0. The molecule has 1 amide bonds. The topological polar surface area (TPSA) is 72.7 Å². The highest BCUT2D eigenvalue weighted by atomic mass is 32.2. The van der Waals surface area contributed by atoms with Gasteiger partial charge in [-0.3, -0.25) is 9.78 Å². The number of nitrogens with one attached hydrogen (secondary N) is 1. The number of carbonyl (C=O) groups is 1. The molecule has 0 aliphatic rings. The maximum Gasteiger partial charge on any atom is 0.433 e. The maximum atomic E-state index is 13.7. The highest BCUT2D eigenvalue weighted by Gasteiger charge is 2.36. The van der Waals surface area contributed by atoms with E-state index in [1.807, 2.05) is 36.6 Å². The Morgan fingerprint density at radius 1 is 0.895 bits per heavy atom. The predicted molar refractivity (Wildman–Crippen MR) is 141 cm³/mol. The summed E-state index contributed by atoms with van der Waals surface area (Å²) in [5, 5.41) is 6.83. The van der Waals surface area contributed by atoms with E-state index in [0.29, 0.717) is 11.1 Å². The van der Waals surface area contributed by atoms with E-state index in [4.69, 9.17) is 0 Å². The van der Waals surface area contributed by atoms with Gasteiger partial charge in [0.2, 0.25) is 0 Å². The maximum absolute atomic E-state index is 13.7. The van der Waals surface area contributed by atoms with Crippen molar-refractivity contribution in [1.29, 1.82) is 0 Å². The molecule has 3 aromatic heterocycles. The van der Waals surface area contributed by atoms with Crippen LogP contribution in [0, 0.1) is 0 Å². The summed E-state index contributed by atoms with van der Waals surface area (Å²) in [6.45, 7) is 0. The van der Waals surface area contributed by atoms with Gasteiger partial charge in [0, 0.05) is 28.4 Å². The van der Waals surface area contributed by atoms with Crippen LogP contribution in [0.5, 0.6) is 0 Å². The summed E-state index contributed by atoms with van der Waals surface area (Å²) in [6, 6.07) is 22.3. The Hall–Kier alpha value is -4.44. The van der Waals surface area contributed by atoms with Crippen molar-refractivity contribution >= 4 is 23.5 Å². The number of hydrogen-bond acceptors (Lipinski definition) is 5. The summed E-state index contributed by atoms with van der Waals surface area (Å²) >= 11 is 1.65. The third kappa shape index (κ3) is 5.45. The molecule has 2 aromatic carbocycles. The molecule has 0 fully saturated rings. The molecule has 1 N–H and O–H groups in total. The molecule has 190 valence electrons. The van der Waals surface area contributed by atoms with Crippen molar-refractivity contribution in [3.8, 4) is 28.1 Å². The standard InChI is InChI=1S/C28H20F3N5OS/c1-38-23-10-7-18(8-11-23)19-4-2-5-20(14-19)27(37)34-26-12-9-22(17-33-26)36-25(28(29,30)31)15-24(35-36)21-6-3-13-32-16-21/h2-17H,1H3,(H,33,34,37). The Labute approximate surface area is 220 Å². The summed E-state index contributed by atoms with van der Waals surface area (Å²) in [7, 11) is 0. The SMILES string of the molecule is CSc1ccc(-c2cccc(C(=O)Nc3ccc(-n4nc(-c5cccnc5)cc4C(F)(F)F)cn3)c2)cc1. The quantitative estimate of drug-likeness (QED) is 0.239. The van der Waals surface area contributed by atoms with Crippen molar-refractivity contribution in [3.05, 3.63) is 109 Å². The normalized spacial score (nSPS) is 11.4. The number of benzene rings is 2. The minimum absolute atomic E-state index is 0.0983. The fourth-order valence-electron chi connectivity index (χ4n) is 3.83. The second kappa shape index (κ2) is 10.5. The van der Waals surface area contributed by atoms with Crippen LogP contribution >= 0.6 is 11.8 Å². The molecule has 0 saturated carbocycles. The lowest BCUT2D eigenvalue weighted by molar-refractivity contribution is -0.142. The highest BCUT2D eigenvalue weighted by Crippen LogP contribution is 2.34. The first-order valence-corrected chi connectivity index (χ1v) is 12.6. The number of amides is 1. The molecule has 5 rings (SSSR count). The van der Waals surface area contributed by atoms with Crippen molar-refractivity contribution in [1.82, 2.24) is 19.7 Å². The van der Waals surface area contributed by atoms with Gasteiger partial charge in [-0.2, -0.15) is 18.3 Å². The van der Waals surface area contributed by atoms with E-state index in [9.17, 15) is 18.0 Å². The van der Waals surface area contributed by atoms with Crippen molar-refractivity contribution in [3.63, 3.8) is 0 Å². The molecule has 0 radical (unpaired) electrons. The number of thioether (sulfide) groups is 1. The Bertz CT molecular complexity index is 1570. The van der Waals surface area contributed by atoms with E-state index >= 15 is 0 Å². The van der Waals surface area contributed by atoms with Gasteiger partial charge in [0.05, 0.1) is 17.6 Å². The van der Waals surface area contributed by atoms with Crippen LogP contribution in [-0.4, -0.2) is 31.9 Å². The zero-order valence-corrected chi connectivity index (χ0v) is 20.8. The van der Waals surface area contributed by atoms with Crippen LogP contribution < -0.4 is 5.32 Å². The molecule has 0 atom stereocenters. The van der Waals surface area contributed by atoms with E-state index in [1.165, 1.54) is 30.7 Å². The van der Waals surface area contributed by atoms with E-state index in [-0.39, 0.29) is 23.1 Å². The van der Waals surface area contributed by atoms with Gasteiger partial charge in [-0.15, -0.1) is 11.8 Å². The van der Waals surface area contributed by atoms with Crippen molar-refractivity contribution in [2.24, 2.45) is 0 Å². The molecule has 3 heterocycles. The van der Waals surface area contributed by atoms with Crippen molar-refractivity contribution in [2.45, 2.75) is 11.1 Å². The second-order valence-electron chi connectivity index (χ2n) is 8.23. The van der Waals surface area contributed by atoms with Gasteiger partial charge in [0.15, 0.2) is 0 Å². The summed E-state index contributed by atoms with van der Waals surface area (Å²) in [5.74, 6) is -0.191.